The molecule has 0 fully saturated rings. The highest BCUT2D eigenvalue weighted by Crippen LogP contribution is 2.42. The lowest BCUT2D eigenvalue weighted by molar-refractivity contribution is 1.05. The summed E-state index contributed by atoms with van der Waals surface area (Å²) < 4.78 is 2.29. The van der Waals surface area contributed by atoms with Gasteiger partial charge >= 0.3 is 0 Å². The topological polar surface area (TPSA) is 46.8 Å². The van der Waals surface area contributed by atoms with Crippen molar-refractivity contribution in [2.75, 3.05) is 4.90 Å². The van der Waals surface area contributed by atoms with E-state index in [0.717, 1.165) is 89.3 Å². The van der Waals surface area contributed by atoms with Crippen LogP contribution in [0.2, 0.25) is 0 Å². The van der Waals surface area contributed by atoms with Crippen LogP contribution in [-0.2, 0) is 0 Å². The quantitative estimate of drug-likeness (QED) is 0.146. The van der Waals surface area contributed by atoms with Crippen molar-refractivity contribution in [2.24, 2.45) is 0 Å². The molecule has 8 aromatic carbocycles. The lowest BCUT2D eigenvalue weighted by Crippen LogP contribution is -2.09. The zero-order chi connectivity index (χ0) is 41.2. The van der Waals surface area contributed by atoms with E-state index in [2.05, 4.69) is 198 Å². The maximum Gasteiger partial charge on any atom is 0.166 e. The van der Waals surface area contributed by atoms with Gasteiger partial charge in [-0.15, -0.1) is 0 Å². The Morgan fingerprint density at radius 1 is 0.323 bits per heavy atom. The van der Waals surface area contributed by atoms with E-state index >= 15 is 0 Å². The maximum atomic E-state index is 5.65. The summed E-state index contributed by atoms with van der Waals surface area (Å²) in [5.41, 5.74) is 14.9. The molecule has 0 unspecified atom stereocenters. The minimum atomic E-state index is 0.703. The first-order valence-electron chi connectivity index (χ1n) is 20.9. The van der Waals surface area contributed by atoms with Gasteiger partial charge in [0.1, 0.15) is 5.69 Å². The molecule has 0 aliphatic carbocycles. The molecule has 0 aliphatic heterocycles. The number of fused-ring (bicyclic) bond motifs is 3. The van der Waals surface area contributed by atoms with Crippen LogP contribution in [0.25, 0.3) is 83.8 Å². The number of pyridine rings is 1. The van der Waals surface area contributed by atoms with Gasteiger partial charge in [0.05, 0.1) is 28.1 Å². The average Bonchev–Trinajstić information content (AvgIpc) is 3.68. The Bertz CT molecular complexity index is 3260. The Labute approximate surface area is 360 Å². The molecule has 11 rings (SSSR count). The number of hydrogen-bond acceptors (Lipinski definition) is 4. The molecule has 292 valence electrons. The Balaban J connectivity index is 1.13. The van der Waals surface area contributed by atoms with Crippen molar-refractivity contribution < 1.29 is 0 Å². The highest BCUT2D eigenvalue weighted by molar-refractivity contribution is 6.11. The number of hydrogen-bond donors (Lipinski definition) is 0. The van der Waals surface area contributed by atoms with E-state index in [9.17, 15) is 0 Å². The highest BCUT2D eigenvalue weighted by atomic mass is 15.1. The summed E-state index contributed by atoms with van der Waals surface area (Å²) in [6.07, 6.45) is 1.82. The number of nitrogens with zero attached hydrogens (tertiary/aromatic N) is 5. The third-order valence-corrected chi connectivity index (χ3v) is 11.5. The molecule has 0 radical (unpaired) electrons. The molecule has 3 aromatic heterocycles. The molecule has 0 amide bonds. The first-order chi connectivity index (χ1) is 30.8. The summed E-state index contributed by atoms with van der Waals surface area (Å²) in [4.78, 5) is 18.3. The standard InChI is InChI=1S/C57H39N5/c1-6-18-40(19-7-1)45-31-35-49-50-38-44(41-29-33-48(34-30-41)61(46-24-12-4-13-25-46)47-26-14-5-15-27-47)32-36-52(50)62(53(49)39-45)57-56(51-28-16-17-37-58-51)59-54(42-20-8-2-9-21-42)55(60-57)43-22-10-3-11-23-43/h1-39H. The molecule has 0 saturated heterocycles. The van der Waals surface area contributed by atoms with Gasteiger partial charge in [-0.1, -0.05) is 164 Å². The minimum absolute atomic E-state index is 0.703. The maximum absolute atomic E-state index is 5.65. The molecule has 0 saturated carbocycles. The molecular formula is C57H39N5. The predicted octanol–water partition coefficient (Wildman–Crippen LogP) is 14.8. The van der Waals surface area contributed by atoms with Crippen molar-refractivity contribution in [1.29, 1.82) is 0 Å². The third-order valence-electron chi connectivity index (χ3n) is 11.5. The Morgan fingerprint density at radius 3 is 1.40 bits per heavy atom. The molecule has 0 aliphatic rings. The van der Waals surface area contributed by atoms with Gasteiger partial charge in [0.2, 0.25) is 0 Å². The molecule has 0 bridgehead atoms. The van der Waals surface area contributed by atoms with Gasteiger partial charge in [-0.2, -0.15) is 0 Å². The zero-order valence-corrected chi connectivity index (χ0v) is 33.8. The number of benzene rings is 8. The van der Waals surface area contributed by atoms with E-state index in [1.165, 1.54) is 0 Å². The van der Waals surface area contributed by atoms with Crippen molar-refractivity contribution in [3.63, 3.8) is 0 Å². The lowest BCUT2D eigenvalue weighted by Gasteiger charge is -2.25. The second kappa shape index (κ2) is 16.0. The molecule has 62 heavy (non-hydrogen) atoms. The normalized spacial score (nSPS) is 11.2. The van der Waals surface area contributed by atoms with Crippen molar-refractivity contribution >= 4 is 38.9 Å². The molecule has 11 aromatic rings. The summed E-state index contributed by atoms with van der Waals surface area (Å²) in [7, 11) is 0. The Hall–Kier alpha value is -8.41. The zero-order valence-electron chi connectivity index (χ0n) is 33.8. The van der Waals surface area contributed by atoms with Crippen LogP contribution in [-0.4, -0.2) is 19.5 Å². The van der Waals surface area contributed by atoms with Gasteiger partial charge < -0.3 is 4.90 Å². The second-order valence-electron chi connectivity index (χ2n) is 15.3. The fourth-order valence-electron chi connectivity index (χ4n) is 8.49. The molecule has 5 nitrogen and oxygen atoms in total. The van der Waals surface area contributed by atoms with Crippen LogP contribution >= 0.6 is 0 Å². The molecule has 0 atom stereocenters. The number of aromatic nitrogens is 4. The van der Waals surface area contributed by atoms with Crippen molar-refractivity contribution in [3.05, 3.63) is 237 Å². The summed E-state index contributed by atoms with van der Waals surface area (Å²) in [5, 5.41) is 2.25. The second-order valence-corrected chi connectivity index (χ2v) is 15.3. The monoisotopic (exact) mass is 793 g/mol. The van der Waals surface area contributed by atoms with Crippen molar-refractivity contribution in [1.82, 2.24) is 19.5 Å². The fourth-order valence-corrected chi connectivity index (χ4v) is 8.49. The van der Waals surface area contributed by atoms with Gasteiger partial charge in [0.25, 0.3) is 0 Å². The molecule has 3 heterocycles. The number of para-hydroxylation sites is 2. The van der Waals surface area contributed by atoms with Gasteiger partial charge in [0.15, 0.2) is 5.82 Å². The van der Waals surface area contributed by atoms with Gasteiger partial charge in [-0.25, -0.2) is 9.97 Å². The Morgan fingerprint density at radius 2 is 0.806 bits per heavy atom. The van der Waals surface area contributed by atoms with E-state index in [1.54, 1.807) is 0 Å². The molecule has 0 N–H and O–H groups in total. The SMILES string of the molecule is c1ccc(-c2ccc3c4cc(-c5ccc(N(c6ccccc6)c6ccccc6)cc5)ccc4n(-c4nc(-c5ccccc5)c(-c5ccccc5)nc4-c4ccccn4)c3c2)cc1. The van der Waals surface area contributed by atoms with E-state index < -0.39 is 0 Å². The van der Waals surface area contributed by atoms with Gasteiger partial charge in [-0.05, 0) is 89.0 Å². The smallest absolute Gasteiger partial charge is 0.166 e. The molecular weight excluding hydrogens is 755 g/mol. The van der Waals surface area contributed by atoms with E-state index in [0.29, 0.717) is 11.5 Å². The van der Waals surface area contributed by atoms with Crippen molar-refractivity contribution in [2.45, 2.75) is 0 Å². The lowest BCUT2D eigenvalue weighted by atomic mass is 10.0. The van der Waals surface area contributed by atoms with Crippen LogP contribution in [0.1, 0.15) is 0 Å². The largest absolute Gasteiger partial charge is 0.311 e. The third kappa shape index (κ3) is 6.78. The van der Waals surface area contributed by atoms with E-state index in [4.69, 9.17) is 15.0 Å². The van der Waals surface area contributed by atoms with Gasteiger partial charge in [-0.3, -0.25) is 9.55 Å². The van der Waals surface area contributed by atoms with Crippen LogP contribution in [0.5, 0.6) is 0 Å². The summed E-state index contributed by atoms with van der Waals surface area (Å²) >= 11 is 0. The van der Waals surface area contributed by atoms with Crippen LogP contribution in [0.3, 0.4) is 0 Å². The molecule has 0 spiro atoms. The first-order valence-corrected chi connectivity index (χ1v) is 20.9. The van der Waals surface area contributed by atoms with Crippen LogP contribution < -0.4 is 4.90 Å². The number of rotatable bonds is 9. The van der Waals surface area contributed by atoms with Crippen molar-refractivity contribution in [3.8, 4) is 62.0 Å². The van der Waals surface area contributed by atoms with Crippen LogP contribution in [0.15, 0.2) is 237 Å². The highest BCUT2D eigenvalue weighted by Gasteiger charge is 2.24. The average molecular weight is 794 g/mol. The summed E-state index contributed by atoms with van der Waals surface area (Å²) in [6.45, 7) is 0. The number of anilines is 3. The first kappa shape index (κ1) is 36.7. The van der Waals surface area contributed by atoms with Crippen LogP contribution in [0.4, 0.5) is 17.1 Å². The minimum Gasteiger partial charge on any atom is -0.311 e. The Kier molecular flexibility index (Phi) is 9.45. The molecule has 5 heteroatoms. The summed E-state index contributed by atoms with van der Waals surface area (Å²) in [6, 6.07) is 80.7. The van der Waals surface area contributed by atoms with E-state index in [-0.39, 0.29) is 0 Å². The summed E-state index contributed by atoms with van der Waals surface area (Å²) in [5.74, 6) is 0.714. The predicted molar refractivity (Wildman–Crippen MR) is 256 cm³/mol. The van der Waals surface area contributed by atoms with Crippen LogP contribution in [0, 0.1) is 0 Å². The van der Waals surface area contributed by atoms with E-state index in [1.807, 2.05) is 48.7 Å². The fraction of sp³-hybridized carbons (Fsp3) is 0. The van der Waals surface area contributed by atoms with Gasteiger partial charge in [0, 0.05) is 45.2 Å².